The van der Waals surface area contributed by atoms with Crippen molar-refractivity contribution in [3.8, 4) is 17.2 Å². The molecule has 0 bridgehead atoms. The molecule has 3 rings (SSSR count). The third kappa shape index (κ3) is 6.26. The summed E-state index contributed by atoms with van der Waals surface area (Å²) in [4.78, 5) is 16.4. The maximum Gasteiger partial charge on any atom is 0.416 e. The van der Waals surface area contributed by atoms with Gasteiger partial charge in [-0.25, -0.2) is 22.2 Å². The van der Waals surface area contributed by atoms with Gasteiger partial charge in [0.05, 0.1) is 25.0 Å². The van der Waals surface area contributed by atoms with Gasteiger partial charge in [-0.3, -0.25) is 9.52 Å². The van der Waals surface area contributed by atoms with Crippen LogP contribution in [0, 0.1) is 11.6 Å². The fraction of sp³-hybridized carbons (Fsp3) is 0.238. The lowest BCUT2D eigenvalue weighted by atomic mass is 10.1. The molecular formula is C21H18F5N3O5S. The lowest BCUT2D eigenvalue weighted by Gasteiger charge is -2.15. The molecule has 0 fully saturated rings. The molecule has 1 unspecified atom stereocenters. The van der Waals surface area contributed by atoms with E-state index in [1.54, 1.807) is 4.72 Å². The van der Waals surface area contributed by atoms with E-state index in [4.69, 9.17) is 9.15 Å². The monoisotopic (exact) mass is 519 g/mol. The number of alkyl halides is 3. The molecule has 2 N–H and O–H groups in total. The van der Waals surface area contributed by atoms with Gasteiger partial charge in [0.15, 0.2) is 17.3 Å². The normalized spacial score (nSPS) is 12.8. The summed E-state index contributed by atoms with van der Waals surface area (Å²) in [5.41, 5.74) is -2.31. The number of amides is 1. The minimum Gasteiger partial charge on any atom is -0.497 e. The number of rotatable bonds is 7. The lowest BCUT2D eigenvalue weighted by molar-refractivity contribution is -0.137. The van der Waals surface area contributed by atoms with E-state index in [2.05, 4.69) is 10.3 Å². The number of anilines is 1. The third-order valence-electron chi connectivity index (χ3n) is 4.65. The Morgan fingerprint density at radius 3 is 2.29 bits per heavy atom. The smallest absolute Gasteiger partial charge is 0.416 e. The third-order valence-corrected chi connectivity index (χ3v) is 5.23. The largest absolute Gasteiger partial charge is 0.497 e. The number of aromatic nitrogens is 1. The highest BCUT2D eigenvalue weighted by Gasteiger charge is 2.32. The molecule has 0 aliphatic carbocycles. The van der Waals surface area contributed by atoms with Gasteiger partial charge >= 0.3 is 6.18 Å². The van der Waals surface area contributed by atoms with Gasteiger partial charge < -0.3 is 14.5 Å². The minimum absolute atomic E-state index is 0.0289. The van der Waals surface area contributed by atoms with E-state index in [0.29, 0.717) is 0 Å². The molecule has 1 heterocycles. The Kier molecular flexibility index (Phi) is 7.06. The second-order valence-corrected chi connectivity index (χ2v) is 9.16. The second kappa shape index (κ2) is 9.52. The average Bonchev–Trinajstić information content (AvgIpc) is 3.25. The number of hydrogen-bond donors (Lipinski definition) is 2. The summed E-state index contributed by atoms with van der Waals surface area (Å²) in [7, 11) is -2.75. The molecule has 0 aliphatic heterocycles. The molecule has 8 nitrogen and oxygen atoms in total. The van der Waals surface area contributed by atoms with E-state index in [0.717, 1.165) is 36.8 Å². The van der Waals surface area contributed by atoms with Gasteiger partial charge in [0.25, 0.3) is 5.91 Å². The highest BCUT2D eigenvalue weighted by molar-refractivity contribution is 7.92. The van der Waals surface area contributed by atoms with Crippen molar-refractivity contribution in [1.29, 1.82) is 0 Å². The van der Waals surface area contributed by atoms with E-state index in [9.17, 15) is 35.2 Å². The van der Waals surface area contributed by atoms with E-state index in [1.807, 2.05) is 0 Å². The summed E-state index contributed by atoms with van der Waals surface area (Å²) >= 11 is 0. The quantitative estimate of drug-likeness (QED) is 0.445. The van der Waals surface area contributed by atoms with Crippen molar-refractivity contribution in [2.24, 2.45) is 0 Å². The van der Waals surface area contributed by atoms with Gasteiger partial charge in [-0.1, -0.05) is 0 Å². The van der Waals surface area contributed by atoms with Gasteiger partial charge in [0.2, 0.25) is 15.9 Å². The summed E-state index contributed by atoms with van der Waals surface area (Å²) < 4.78 is 102. The Bertz CT molecular complexity index is 1350. The summed E-state index contributed by atoms with van der Waals surface area (Å²) in [6.07, 6.45) is -3.03. The number of oxazole rings is 1. The molecular weight excluding hydrogens is 501 g/mol. The van der Waals surface area contributed by atoms with Crippen LogP contribution in [0.4, 0.5) is 27.6 Å². The van der Waals surface area contributed by atoms with Crippen LogP contribution in [0.3, 0.4) is 0 Å². The summed E-state index contributed by atoms with van der Waals surface area (Å²) in [5.74, 6) is -3.64. The fourth-order valence-electron chi connectivity index (χ4n) is 2.99. The van der Waals surface area contributed by atoms with Crippen molar-refractivity contribution in [2.45, 2.75) is 19.1 Å². The van der Waals surface area contributed by atoms with Crippen LogP contribution in [0.5, 0.6) is 5.75 Å². The number of carbonyl (C=O) groups is 1. The zero-order valence-corrected chi connectivity index (χ0v) is 19.1. The van der Waals surface area contributed by atoms with Crippen molar-refractivity contribution < 1.29 is 44.3 Å². The maximum absolute atomic E-state index is 14.2. The van der Waals surface area contributed by atoms with E-state index < -0.39 is 51.0 Å². The summed E-state index contributed by atoms with van der Waals surface area (Å²) in [6.45, 7) is 1.40. The SMILES string of the molecule is COc1cc(-c2nc(C(=O)NC(C)c3cc(F)c(NS(C)(=O)=O)c(F)c3)co2)cc(C(F)(F)F)c1. The molecule has 2 aromatic carbocycles. The number of nitrogens with one attached hydrogen (secondary N) is 2. The molecule has 0 saturated carbocycles. The van der Waals surface area contributed by atoms with Crippen molar-refractivity contribution in [1.82, 2.24) is 10.3 Å². The first-order valence-corrected chi connectivity index (χ1v) is 11.6. The van der Waals surface area contributed by atoms with Gasteiger partial charge in [-0.05, 0) is 42.8 Å². The van der Waals surface area contributed by atoms with Gasteiger partial charge in [-0.15, -0.1) is 0 Å². The van der Waals surface area contributed by atoms with Crippen molar-refractivity contribution in [2.75, 3.05) is 18.1 Å². The number of benzene rings is 2. The summed E-state index contributed by atoms with van der Waals surface area (Å²) in [5, 5.41) is 2.42. The average molecular weight is 519 g/mol. The van der Waals surface area contributed by atoms with Crippen LogP contribution < -0.4 is 14.8 Å². The Morgan fingerprint density at radius 2 is 1.74 bits per heavy atom. The molecule has 0 saturated heterocycles. The second-order valence-electron chi connectivity index (χ2n) is 7.41. The van der Waals surface area contributed by atoms with Crippen LogP contribution in [-0.4, -0.2) is 32.7 Å². The van der Waals surface area contributed by atoms with E-state index in [1.165, 1.54) is 20.1 Å². The van der Waals surface area contributed by atoms with Crippen LogP contribution in [0.25, 0.3) is 11.5 Å². The number of sulfonamides is 1. The molecule has 14 heteroatoms. The van der Waals surface area contributed by atoms with Crippen LogP contribution in [0.2, 0.25) is 0 Å². The van der Waals surface area contributed by atoms with Crippen LogP contribution >= 0.6 is 0 Å². The zero-order valence-electron chi connectivity index (χ0n) is 18.3. The molecule has 0 radical (unpaired) electrons. The molecule has 35 heavy (non-hydrogen) atoms. The molecule has 3 aromatic rings. The molecule has 0 spiro atoms. The minimum atomic E-state index is -4.66. The summed E-state index contributed by atoms with van der Waals surface area (Å²) in [6, 6.07) is 3.51. The van der Waals surface area contributed by atoms with Crippen molar-refractivity contribution in [3.05, 3.63) is 65.1 Å². The maximum atomic E-state index is 14.2. The Morgan fingerprint density at radius 1 is 1.11 bits per heavy atom. The molecule has 0 aliphatic rings. The molecule has 1 amide bonds. The van der Waals surface area contributed by atoms with Crippen LogP contribution in [0.1, 0.15) is 34.6 Å². The Balaban J connectivity index is 1.81. The first-order valence-electron chi connectivity index (χ1n) is 9.67. The van der Waals surface area contributed by atoms with Gasteiger partial charge in [0, 0.05) is 5.56 Å². The number of carbonyl (C=O) groups excluding carboxylic acids is 1. The first-order chi connectivity index (χ1) is 16.2. The lowest BCUT2D eigenvalue weighted by Crippen LogP contribution is -2.27. The predicted octanol–water partition coefficient (Wildman–Crippen LogP) is 4.51. The topological polar surface area (TPSA) is 111 Å². The van der Waals surface area contributed by atoms with Crippen molar-refractivity contribution >= 4 is 21.6 Å². The number of nitrogens with zero attached hydrogens (tertiary/aromatic N) is 1. The number of hydrogen-bond acceptors (Lipinski definition) is 6. The Hall–Kier alpha value is -3.68. The standard InChI is InChI=1S/C21H18F5N3O5S/c1-10(11-6-15(22)18(16(23)7-11)29-35(3,31)32)27-19(30)17-9-34-20(28-17)12-4-13(21(24,25)26)8-14(5-12)33-2/h4-10,29H,1-3H3,(H,27,30). The molecule has 188 valence electrons. The first kappa shape index (κ1) is 25.9. The zero-order chi connectivity index (χ0) is 26.1. The number of halogens is 5. The van der Waals surface area contributed by atoms with Gasteiger partial charge in [-0.2, -0.15) is 13.2 Å². The van der Waals surface area contributed by atoms with Crippen LogP contribution in [-0.2, 0) is 16.2 Å². The number of ether oxygens (including phenoxy) is 1. The van der Waals surface area contributed by atoms with Gasteiger partial charge in [0.1, 0.15) is 17.7 Å². The molecule has 1 aromatic heterocycles. The molecule has 1 atom stereocenters. The van der Waals surface area contributed by atoms with E-state index >= 15 is 0 Å². The highest BCUT2D eigenvalue weighted by Crippen LogP contribution is 2.35. The number of methoxy groups -OCH3 is 1. The van der Waals surface area contributed by atoms with E-state index in [-0.39, 0.29) is 28.5 Å². The Labute approximate surface area is 196 Å². The van der Waals surface area contributed by atoms with Crippen LogP contribution in [0.15, 0.2) is 41.0 Å². The van der Waals surface area contributed by atoms with Crippen molar-refractivity contribution in [3.63, 3.8) is 0 Å². The predicted molar refractivity (Wildman–Crippen MR) is 114 cm³/mol. The fourth-order valence-corrected chi connectivity index (χ4v) is 3.56. The highest BCUT2D eigenvalue weighted by atomic mass is 32.2.